The van der Waals surface area contributed by atoms with E-state index in [-0.39, 0.29) is 23.8 Å². The highest BCUT2D eigenvalue weighted by Crippen LogP contribution is 2.22. The van der Waals surface area contributed by atoms with Gasteiger partial charge in [0.05, 0.1) is 0 Å². The van der Waals surface area contributed by atoms with Gasteiger partial charge in [0, 0.05) is 18.0 Å². The first kappa shape index (κ1) is 18.7. The molecule has 1 fully saturated rings. The molecule has 0 bridgehead atoms. The zero-order valence-corrected chi connectivity index (χ0v) is 15.3. The van der Waals surface area contributed by atoms with Crippen molar-refractivity contribution in [1.29, 1.82) is 0 Å². The molecule has 2 aromatic rings. The third-order valence-corrected chi connectivity index (χ3v) is 6.21. The van der Waals surface area contributed by atoms with Gasteiger partial charge < -0.3 is 0 Å². The molecule has 1 N–H and O–H groups in total. The first-order valence-corrected chi connectivity index (χ1v) is 10.3. The molecule has 0 aromatic heterocycles. The summed E-state index contributed by atoms with van der Waals surface area (Å²) in [5.41, 5.74) is 1.02. The van der Waals surface area contributed by atoms with E-state index >= 15 is 0 Å². The second kappa shape index (κ2) is 8.10. The zero-order chi connectivity index (χ0) is 18.6. The predicted octanol–water partition coefficient (Wildman–Crippen LogP) is 3.86. The molecule has 1 aliphatic rings. The van der Waals surface area contributed by atoms with Crippen LogP contribution in [0.5, 0.6) is 0 Å². The highest BCUT2D eigenvalue weighted by Gasteiger charge is 2.25. The van der Waals surface area contributed by atoms with E-state index < -0.39 is 20.7 Å². The fraction of sp³-hybridized carbons (Fsp3) is 0.350. The van der Waals surface area contributed by atoms with E-state index in [1.165, 1.54) is 6.07 Å². The van der Waals surface area contributed by atoms with Crippen molar-refractivity contribution < 1.29 is 17.6 Å². The molecule has 0 radical (unpaired) electrons. The third kappa shape index (κ3) is 4.56. The molecule has 0 amide bonds. The van der Waals surface area contributed by atoms with Gasteiger partial charge in [-0.1, -0.05) is 49.6 Å². The Bertz CT molecular complexity index is 875. The SMILES string of the molecule is O=C(Cc1ccccc1)c1ccc(F)c(S(=O)(=O)NC2CCCCC2)c1. The molecule has 0 saturated heterocycles. The average molecular weight is 375 g/mol. The van der Waals surface area contributed by atoms with Crippen LogP contribution in [-0.2, 0) is 16.4 Å². The highest BCUT2D eigenvalue weighted by molar-refractivity contribution is 7.89. The maximum absolute atomic E-state index is 14.2. The average Bonchev–Trinajstić information content (AvgIpc) is 2.63. The summed E-state index contributed by atoms with van der Waals surface area (Å²) in [6.45, 7) is 0. The Kier molecular flexibility index (Phi) is 5.84. The van der Waals surface area contributed by atoms with Gasteiger partial charge in [0.15, 0.2) is 5.78 Å². The molecule has 138 valence electrons. The van der Waals surface area contributed by atoms with Gasteiger partial charge in [-0.3, -0.25) is 4.79 Å². The van der Waals surface area contributed by atoms with Gasteiger partial charge in [-0.05, 0) is 36.6 Å². The van der Waals surface area contributed by atoms with Gasteiger partial charge in [0.2, 0.25) is 10.0 Å². The van der Waals surface area contributed by atoms with E-state index in [0.29, 0.717) is 0 Å². The minimum absolute atomic E-state index is 0.141. The largest absolute Gasteiger partial charge is 0.294 e. The third-order valence-electron chi connectivity index (χ3n) is 4.68. The number of halogens is 1. The molecule has 4 nitrogen and oxygen atoms in total. The minimum Gasteiger partial charge on any atom is -0.294 e. The standard InChI is InChI=1S/C20H22FNO3S/c21-18-12-11-16(19(23)13-15-7-3-1-4-8-15)14-20(18)26(24,25)22-17-9-5-2-6-10-17/h1,3-4,7-8,11-12,14,17,22H,2,5-6,9-10,13H2. The number of benzene rings is 2. The van der Waals surface area contributed by atoms with Crippen molar-refractivity contribution in [2.24, 2.45) is 0 Å². The normalized spacial score (nSPS) is 15.7. The van der Waals surface area contributed by atoms with Crippen LogP contribution in [0.15, 0.2) is 53.4 Å². The molecule has 0 unspecified atom stereocenters. The maximum atomic E-state index is 14.2. The van der Waals surface area contributed by atoms with Crippen LogP contribution in [0.25, 0.3) is 0 Å². The second-order valence-electron chi connectivity index (χ2n) is 6.69. The number of rotatable bonds is 6. The Labute approximate surface area is 153 Å². The molecule has 0 aliphatic heterocycles. The lowest BCUT2D eigenvalue weighted by Gasteiger charge is -2.22. The van der Waals surface area contributed by atoms with E-state index in [9.17, 15) is 17.6 Å². The number of nitrogens with one attached hydrogen (secondary N) is 1. The number of hydrogen-bond donors (Lipinski definition) is 1. The summed E-state index contributed by atoms with van der Waals surface area (Å²) in [4.78, 5) is 12.0. The fourth-order valence-electron chi connectivity index (χ4n) is 3.27. The fourth-order valence-corrected chi connectivity index (χ4v) is 4.68. The van der Waals surface area contributed by atoms with Crippen molar-refractivity contribution in [2.45, 2.75) is 49.5 Å². The quantitative estimate of drug-likeness (QED) is 0.780. The number of Topliss-reactive ketones (excluding diaryl/α,β-unsaturated/α-hetero) is 1. The molecule has 0 atom stereocenters. The van der Waals surface area contributed by atoms with Crippen LogP contribution in [-0.4, -0.2) is 20.2 Å². The molecule has 3 rings (SSSR count). The van der Waals surface area contributed by atoms with Crippen molar-refractivity contribution in [1.82, 2.24) is 4.72 Å². The summed E-state index contributed by atoms with van der Waals surface area (Å²) < 4.78 is 42.0. The van der Waals surface area contributed by atoms with Crippen LogP contribution < -0.4 is 4.72 Å². The van der Waals surface area contributed by atoms with E-state index in [4.69, 9.17) is 0 Å². The topological polar surface area (TPSA) is 63.2 Å². The Balaban J connectivity index is 1.81. The van der Waals surface area contributed by atoms with Crippen LogP contribution >= 0.6 is 0 Å². The lowest BCUT2D eigenvalue weighted by molar-refractivity contribution is 0.0992. The van der Waals surface area contributed by atoms with E-state index in [2.05, 4.69) is 4.72 Å². The summed E-state index contributed by atoms with van der Waals surface area (Å²) in [6, 6.07) is 12.5. The van der Waals surface area contributed by atoms with E-state index in [0.717, 1.165) is 49.8 Å². The summed E-state index contributed by atoms with van der Waals surface area (Å²) in [5.74, 6) is -1.09. The molecule has 1 saturated carbocycles. The van der Waals surface area contributed by atoms with Gasteiger partial charge in [-0.25, -0.2) is 17.5 Å². The van der Waals surface area contributed by atoms with Gasteiger partial charge in [-0.15, -0.1) is 0 Å². The molecule has 0 heterocycles. The van der Waals surface area contributed by atoms with Crippen LogP contribution in [0.4, 0.5) is 4.39 Å². The molecule has 0 spiro atoms. The van der Waals surface area contributed by atoms with Gasteiger partial charge in [0.1, 0.15) is 10.7 Å². The minimum atomic E-state index is -4.00. The molecule has 6 heteroatoms. The zero-order valence-electron chi connectivity index (χ0n) is 14.4. The Morgan fingerprint density at radius 1 is 1.04 bits per heavy atom. The molecule has 26 heavy (non-hydrogen) atoms. The number of sulfonamides is 1. The smallest absolute Gasteiger partial charge is 0.243 e. The Morgan fingerprint density at radius 2 is 1.73 bits per heavy atom. The van der Waals surface area contributed by atoms with Gasteiger partial charge >= 0.3 is 0 Å². The van der Waals surface area contributed by atoms with Crippen LogP contribution in [0, 0.1) is 5.82 Å². The van der Waals surface area contributed by atoms with Crippen molar-refractivity contribution in [3.05, 3.63) is 65.5 Å². The molecule has 2 aromatic carbocycles. The van der Waals surface area contributed by atoms with Crippen LogP contribution in [0.2, 0.25) is 0 Å². The number of hydrogen-bond acceptors (Lipinski definition) is 3. The maximum Gasteiger partial charge on any atom is 0.243 e. The van der Waals surface area contributed by atoms with Gasteiger partial charge in [-0.2, -0.15) is 0 Å². The summed E-state index contributed by atoms with van der Waals surface area (Å²) in [6.07, 6.45) is 4.68. The van der Waals surface area contributed by atoms with E-state index in [1.807, 2.05) is 30.3 Å². The number of ketones is 1. The highest BCUT2D eigenvalue weighted by atomic mass is 32.2. The number of carbonyl (C=O) groups excluding carboxylic acids is 1. The number of carbonyl (C=O) groups is 1. The van der Waals surface area contributed by atoms with Crippen molar-refractivity contribution in [2.75, 3.05) is 0 Å². The summed E-state index contributed by atoms with van der Waals surface area (Å²) in [5, 5.41) is 0. The van der Waals surface area contributed by atoms with Crippen molar-refractivity contribution >= 4 is 15.8 Å². The monoisotopic (exact) mass is 375 g/mol. The summed E-state index contributed by atoms with van der Waals surface area (Å²) in [7, 11) is -4.00. The lowest BCUT2D eigenvalue weighted by atomic mass is 9.96. The Hall–Kier alpha value is -2.05. The second-order valence-corrected chi connectivity index (χ2v) is 8.37. The first-order chi connectivity index (χ1) is 12.5. The first-order valence-electron chi connectivity index (χ1n) is 8.85. The predicted molar refractivity (Wildman–Crippen MR) is 98.1 cm³/mol. The van der Waals surface area contributed by atoms with E-state index in [1.54, 1.807) is 0 Å². The lowest BCUT2D eigenvalue weighted by Crippen LogP contribution is -2.36. The molecule has 1 aliphatic carbocycles. The molecular formula is C20H22FNO3S. The van der Waals surface area contributed by atoms with Crippen molar-refractivity contribution in [3.63, 3.8) is 0 Å². The van der Waals surface area contributed by atoms with Crippen molar-refractivity contribution in [3.8, 4) is 0 Å². The van der Waals surface area contributed by atoms with Gasteiger partial charge in [0.25, 0.3) is 0 Å². The summed E-state index contributed by atoms with van der Waals surface area (Å²) >= 11 is 0. The Morgan fingerprint density at radius 3 is 2.42 bits per heavy atom. The van der Waals surface area contributed by atoms with Crippen LogP contribution in [0.1, 0.15) is 48.0 Å². The molecular weight excluding hydrogens is 353 g/mol. The van der Waals surface area contributed by atoms with Crippen LogP contribution in [0.3, 0.4) is 0 Å².